The maximum atomic E-state index is 14.1. The van der Waals surface area contributed by atoms with E-state index >= 15 is 0 Å². The molecule has 39 heavy (non-hydrogen) atoms. The van der Waals surface area contributed by atoms with E-state index in [2.05, 4.69) is 21.3 Å². The predicted molar refractivity (Wildman–Crippen MR) is 147 cm³/mol. The molecular formula is C30H36N5O4+. The summed E-state index contributed by atoms with van der Waals surface area (Å²) in [4.78, 5) is 39.3. The molecule has 1 amide bonds. The molecule has 0 saturated carbocycles. The van der Waals surface area contributed by atoms with Gasteiger partial charge in [-0.05, 0) is 45.4 Å². The zero-order valence-electron chi connectivity index (χ0n) is 22.7. The minimum atomic E-state index is -0.701. The Morgan fingerprint density at radius 2 is 1.87 bits per heavy atom. The van der Waals surface area contributed by atoms with Crippen LogP contribution in [0.5, 0.6) is 0 Å². The molecule has 1 N–H and O–H groups in total. The third kappa shape index (κ3) is 4.85. The summed E-state index contributed by atoms with van der Waals surface area (Å²) in [5.74, 6) is 0.710. The van der Waals surface area contributed by atoms with Crippen molar-refractivity contribution in [3.05, 3.63) is 72.1 Å². The van der Waals surface area contributed by atoms with Gasteiger partial charge in [0.2, 0.25) is 12.0 Å². The average Bonchev–Trinajstić information content (AvgIpc) is 2.92. The van der Waals surface area contributed by atoms with Gasteiger partial charge in [-0.15, -0.1) is 0 Å². The van der Waals surface area contributed by atoms with Gasteiger partial charge in [0.1, 0.15) is 17.7 Å². The van der Waals surface area contributed by atoms with Gasteiger partial charge in [0.15, 0.2) is 12.5 Å². The van der Waals surface area contributed by atoms with Crippen molar-refractivity contribution < 1.29 is 23.5 Å². The van der Waals surface area contributed by atoms with E-state index in [-0.39, 0.29) is 35.0 Å². The van der Waals surface area contributed by atoms with Crippen LogP contribution < -0.4 is 5.32 Å². The number of rotatable bonds is 5. The highest BCUT2D eigenvalue weighted by Crippen LogP contribution is 2.46. The number of fused-ring (bicyclic) bond motifs is 3. The molecular weight excluding hydrogens is 494 g/mol. The van der Waals surface area contributed by atoms with Crippen LogP contribution in [0.2, 0.25) is 0 Å². The van der Waals surface area contributed by atoms with E-state index in [1.807, 2.05) is 51.1 Å². The molecule has 7 rings (SSSR count). The van der Waals surface area contributed by atoms with Gasteiger partial charge in [0.05, 0.1) is 12.5 Å². The van der Waals surface area contributed by atoms with E-state index < -0.39 is 17.9 Å². The maximum Gasteiger partial charge on any atom is 0.519 e. The number of Topliss-reactive ketones (excluding diaryl/α,β-unsaturated/α-hetero) is 1. The molecule has 6 heterocycles. The topological polar surface area (TPSA) is 93.1 Å². The number of aromatic nitrogens is 1. The lowest BCUT2D eigenvalue weighted by atomic mass is 9.83. The maximum absolute atomic E-state index is 14.1. The van der Waals surface area contributed by atoms with Crippen LogP contribution in [0.3, 0.4) is 0 Å². The van der Waals surface area contributed by atoms with E-state index in [4.69, 9.17) is 14.5 Å². The van der Waals surface area contributed by atoms with E-state index in [1.54, 1.807) is 24.5 Å². The standard InChI is InChI=1S/C30H36N5O4/c1-30(2,3)39-29(37)35(19-26(36)21-7-5-4-6-8-21)25(17-22-18-27(35)38-22)24-12-16-34-15-11-23(32-28(34)33-24)20-9-13-31-14-10-20/h4-11,13-14,22,24-25,27H,12,15-19H2,1-3H3,(H,32,33)/q+1. The first kappa shape index (κ1) is 25.7. The number of hydrogen-bond acceptors (Lipinski definition) is 8. The Morgan fingerprint density at radius 3 is 2.59 bits per heavy atom. The van der Waals surface area contributed by atoms with Crippen LogP contribution in [-0.2, 0) is 9.47 Å². The van der Waals surface area contributed by atoms with E-state index in [0.717, 1.165) is 43.2 Å². The smallest absolute Gasteiger partial charge is 0.414 e. The number of ketones is 1. The van der Waals surface area contributed by atoms with Crippen molar-refractivity contribution in [2.45, 2.75) is 70.1 Å². The molecule has 3 fully saturated rings. The number of quaternary nitrogens is 1. The molecule has 0 aliphatic carbocycles. The Morgan fingerprint density at radius 1 is 1.13 bits per heavy atom. The Labute approximate surface area is 229 Å². The molecule has 1 aromatic carbocycles. The third-order valence-electron chi connectivity index (χ3n) is 8.14. The highest BCUT2D eigenvalue weighted by Gasteiger charge is 2.66. The molecule has 3 saturated heterocycles. The van der Waals surface area contributed by atoms with E-state index in [9.17, 15) is 9.59 Å². The van der Waals surface area contributed by atoms with Crippen LogP contribution in [0, 0.1) is 0 Å². The van der Waals surface area contributed by atoms with Crippen molar-refractivity contribution in [3.8, 4) is 0 Å². The highest BCUT2D eigenvalue weighted by atomic mass is 16.6. The van der Waals surface area contributed by atoms with Gasteiger partial charge in [-0.1, -0.05) is 30.3 Å². The van der Waals surface area contributed by atoms with Gasteiger partial charge >= 0.3 is 6.09 Å². The molecule has 2 aromatic rings. The number of nitrogens with one attached hydrogen (secondary N) is 1. The van der Waals surface area contributed by atoms with Gasteiger partial charge in [0, 0.05) is 48.7 Å². The molecule has 5 atom stereocenters. The number of amides is 1. The Hall–Kier alpha value is -3.56. The predicted octanol–water partition coefficient (Wildman–Crippen LogP) is 3.98. The van der Waals surface area contributed by atoms with Gasteiger partial charge in [-0.25, -0.2) is 4.99 Å². The van der Waals surface area contributed by atoms with Gasteiger partial charge in [-0.3, -0.25) is 9.78 Å². The van der Waals surface area contributed by atoms with Crippen molar-refractivity contribution in [2.75, 3.05) is 19.6 Å². The summed E-state index contributed by atoms with van der Waals surface area (Å²) in [6, 6.07) is 12.7. The largest absolute Gasteiger partial charge is 0.519 e. The second-order valence-electron chi connectivity index (χ2n) is 11.8. The van der Waals surface area contributed by atoms with E-state index in [1.165, 1.54) is 0 Å². The van der Waals surface area contributed by atoms with Crippen molar-refractivity contribution in [3.63, 3.8) is 0 Å². The highest BCUT2D eigenvalue weighted by molar-refractivity contribution is 5.97. The number of carbonyl (C=O) groups is 2. The number of benzene rings is 1. The van der Waals surface area contributed by atoms with Crippen molar-refractivity contribution in [1.82, 2.24) is 15.2 Å². The summed E-state index contributed by atoms with van der Waals surface area (Å²) in [5.41, 5.74) is 1.93. The van der Waals surface area contributed by atoms with Gasteiger partial charge in [-0.2, -0.15) is 9.28 Å². The van der Waals surface area contributed by atoms with Crippen LogP contribution in [0.25, 0.3) is 5.70 Å². The molecule has 204 valence electrons. The fraction of sp³-hybridized carbons (Fsp3) is 0.467. The summed E-state index contributed by atoms with van der Waals surface area (Å²) in [5, 5.41) is 3.51. The molecule has 2 bridgehead atoms. The summed E-state index contributed by atoms with van der Waals surface area (Å²) < 4.78 is 12.1. The van der Waals surface area contributed by atoms with Crippen LogP contribution >= 0.6 is 0 Å². The van der Waals surface area contributed by atoms with Crippen LogP contribution in [0.4, 0.5) is 4.79 Å². The Kier molecular flexibility index (Phi) is 6.51. The number of ether oxygens (including phenoxy) is 2. The molecule has 5 unspecified atom stereocenters. The van der Waals surface area contributed by atoms with Crippen molar-refractivity contribution in [2.24, 2.45) is 4.99 Å². The molecule has 1 aromatic heterocycles. The number of nitrogens with zero attached hydrogens (tertiary/aromatic N) is 4. The SMILES string of the molecule is CC(C)(C)OC(=O)[N+]1(CC(=O)c2ccccc2)C2CC(CC1C1CCN3CC=C(c4ccncc4)NC3=N1)O2. The number of pyridine rings is 1. The minimum absolute atomic E-state index is 0.0123. The summed E-state index contributed by atoms with van der Waals surface area (Å²) in [7, 11) is 0. The fourth-order valence-corrected chi connectivity index (χ4v) is 6.22. The Balaban J connectivity index is 1.35. The quantitative estimate of drug-likeness (QED) is 0.462. The number of piperidine rings is 1. The first-order valence-electron chi connectivity index (χ1n) is 13.8. The zero-order chi connectivity index (χ0) is 27.2. The minimum Gasteiger partial charge on any atom is -0.414 e. The second kappa shape index (κ2) is 9.88. The van der Waals surface area contributed by atoms with Crippen molar-refractivity contribution in [1.29, 1.82) is 0 Å². The molecule has 5 aliphatic heterocycles. The monoisotopic (exact) mass is 530 g/mol. The van der Waals surface area contributed by atoms with Crippen LogP contribution in [-0.4, -0.2) is 81.9 Å². The first-order chi connectivity index (χ1) is 18.7. The molecule has 9 heteroatoms. The number of carbonyl (C=O) groups excluding carboxylic acids is 2. The lowest BCUT2D eigenvalue weighted by Gasteiger charge is -2.58. The number of hydrogen-bond donors (Lipinski definition) is 1. The molecule has 0 spiro atoms. The van der Waals surface area contributed by atoms with Gasteiger partial charge in [0.25, 0.3) is 0 Å². The molecule has 0 radical (unpaired) electrons. The molecule has 9 nitrogen and oxygen atoms in total. The normalized spacial score (nSPS) is 29.7. The summed E-state index contributed by atoms with van der Waals surface area (Å²) in [6.45, 7) is 7.14. The van der Waals surface area contributed by atoms with E-state index in [0.29, 0.717) is 12.0 Å². The van der Waals surface area contributed by atoms with Gasteiger partial charge < -0.3 is 19.7 Å². The Bertz CT molecular complexity index is 1300. The lowest BCUT2D eigenvalue weighted by molar-refractivity contribution is -0.950. The third-order valence-corrected chi connectivity index (χ3v) is 8.14. The fourth-order valence-electron chi connectivity index (χ4n) is 6.22. The number of guanidine groups is 1. The van der Waals surface area contributed by atoms with Crippen LogP contribution in [0.1, 0.15) is 56.0 Å². The number of aliphatic imine (C=N–C) groups is 1. The molecule has 5 aliphatic rings. The average molecular weight is 531 g/mol. The summed E-state index contributed by atoms with van der Waals surface area (Å²) >= 11 is 0. The second-order valence-corrected chi connectivity index (χ2v) is 11.8. The lowest BCUT2D eigenvalue weighted by Crippen LogP contribution is -2.78. The summed E-state index contributed by atoms with van der Waals surface area (Å²) in [6.07, 6.45) is 7.16. The first-order valence-corrected chi connectivity index (χ1v) is 13.8. The van der Waals surface area contributed by atoms with Crippen molar-refractivity contribution >= 4 is 23.5 Å². The van der Waals surface area contributed by atoms with Crippen LogP contribution in [0.15, 0.2) is 65.9 Å². The zero-order valence-corrected chi connectivity index (χ0v) is 22.7.